The van der Waals surface area contributed by atoms with E-state index in [0.29, 0.717) is 10.7 Å². The highest BCUT2D eigenvalue weighted by molar-refractivity contribution is 6.31. The monoisotopic (exact) mass is 362 g/mol. The highest BCUT2D eigenvalue weighted by atomic mass is 35.5. The maximum atomic E-state index is 12.4. The van der Waals surface area contributed by atoms with Gasteiger partial charge in [-0.05, 0) is 41.3 Å². The lowest BCUT2D eigenvalue weighted by molar-refractivity contribution is -0.112. The zero-order valence-electron chi connectivity index (χ0n) is 14.0. The molecule has 5 heteroatoms. The van der Waals surface area contributed by atoms with E-state index in [0.717, 1.165) is 22.1 Å². The highest BCUT2D eigenvalue weighted by Crippen LogP contribution is 2.29. The molecule has 0 aliphatic carbocycles. The van der Waals surface area contributed by atoms with Crippen LogP contribution in [0.5, 0.6) is 5.75 Å². The minimum Gasteiger partial charge on any atom is -0.496 e. The molecule has 3 rings (SSSR count). The third-order valence-electron chi connectivity index (χ3n) is 3.89. The zero-order valence-corrected chi connectivity index (χ0v) is 14.7. The molecule has 0 aromatic heterocycles. The molecule has 0 saturated carbocycles. The number of benzene rings is 3. The average Bonchev–Trinajstić information content (AvgIpc) is 2.66. The van der Waals surface area contributed by atoms with Crippen molar-refractivity contribution >= 4 is 40.0 Å². The summed E-state index contributed by atoms with van der Waals surface area (Å²) in [5.74, 6) is 0.245. The number of rotatable bonds is 4. The molecule has 1 N–H and O–H groups in total. The predicted molar refractivity (Wildman–Crippen MR) is 104 cm³/mol. The Morgan fingerprint density at radius 3 is 2.58 bits per heavy atom. The molecule has 0 radical (unpaired) electrons. The van der Waals surface area contributed by atoms with Gasteiger partial charge in [0.15, 0.2) is 0 Å². The van der Waals surface area contributed by atoms with Gasteiger partial charge in [0.25, 0.3) is 5.91 Å². The van der Waals surface area contributed by atoms with E-state index in [2.05, 4.69) is 5.32 Å². The summed E-state index contributed by atoms with van der Waals surface area (Å²) >= 11 is 5.92. The maximum Gasteiger partial charge on any atom is 0.266 e. The van der Waals surface area contributed by atoms with E-state index in [9.17, 15) is 10.1 Å². The van der Waals surface area contributed by atoms with Crippen molar-refractivity contribution in [3.8, 4) is 11.8 Å². The number of methoxy groups -OCH3 is 1. The fraction of sp³-hybridized carbons (Fsp3) is 0.0476. The van der Waals surface area contributed by atoms with E-state index in [1.165, 1.54) is 0 Å². The second-order valence-corrected chi connectivity index (χ2v) is 5.97. The van der Waals surface area contributed by atoms with Crippen LogP contribution in [0.25, 0.3) is 16.8 Å². The van der Waals surface area contributed by atoms with Gasteiger partial charge in [0, 0.05) is 16.1 Å². The lowest BCUT2D eigenvalue weighted by Gasteiger charge is -2.09. The number of hydrogen-bond acceptors (Lipinski definition) is 3. The molecule has 0 aliphatic rings. The molecule has 0 unspecified atom stereocenters. The van der Waals surface area contributed by atoms with Gasteiger partial charge in [-0.2, -0.15) is 5.26 Å². The first kappa shape index (κ1) is 17.5. The number of nitrogens with zero attached hydrogens (tertiary/aromatic N) is 1. The van der Waals surface area contributed by atoms with Gasteiger partial charge in [-0.1, -0.05) is 48.0 Å². The topological polar surface area (TPSA) is 62.1 Å². The highest BCUT2D eigenvalue weighted by Gasteiger charge is 2.12. The van der Waals surface area contributed by atoms with Crippen LogP contribution in [0.15, 0.2) is 66.2 Å². The van der Waals surface area contributed by atoms with Crippen molar-refractivity contribution in [1.82, 2.24) is 0 Å². The Morgan fingerprint density at radius 1 is 1.12 bits per heavy atom. The summed E-state index contributed by atoms with van der Waals surface area (Å²) in [6, 6.07) is 20.0. The fourth-order valence-electron chi connectivity index (χ4n) is 2.67. The van der Waals surface area contributed by atoms with Crippen molar-refractivity contribution in [2.45, 2.75) is 0 Å². The Balaban J connectivity index is 1.98. The Bertz CT molecular complexity index is 1050. The minimum absolute atomic E-state index is 0.000274. The van der Waals surface area contributed by atoms with Crippen LogP contribution in [0.2, 0.25) is 5.02 Å². The molecule has 3 aromatic rings. The number of ether oxygens (including phenoxy) is 1. The first-order valence-corrected chi connectivity index (χ1v) is 8.24. The van der Waals surface area contributed by atoms with Crippen molar-refractivity contribution in [3.63, 3.8) is 0 Å². The molecule has 1 amide bonds. The SMILES string of the molecule is COc1ccc(/C=C(\C#N)C(=O)Nc2cccc(Cl)c2)c2ccccc12. The Morgan fingerprint density at radius 2 is 1.88 bits per heavy atom. The van der Waals surface area contributed by atoms with Crippen LogP contribution in [-0.4, -0.2) is 13.0 Å². The molecule has 0 fully saturated rings. The van der Waals surface area contributed by atoms with Crippen molar-refractivity contribution in [1.29, 1.82) is 5.26 Å². The molecule has 0 spiro atoms. The van der Waals surface area contributed by atoms with Gasteiger partial charge in [0.1, 0.15) is 17.4 Å². The van der Waals surface area contributed by atoms with Crippen LogP contribution >= 0.6 is 11.6 Å². The summed E-state index contributed by atoms with van der Waals surface area (Å²) in [4.78, 5) is 12.4. The van der Waals surface area contributed by atoms with Crippen molar-refractivity contribution in [2.75, 3.05) is 12.4 Å². The van der Waals surface area contributed by atoms with Crippen LogP contribution in [0, 0.1) is 11.3 Å². The normalized spacial score (nSPS) is 11.0. The molecule has 128 valence electrons. The van der Waals surface area contributed by atoms with Crippen LogP contribution in [-0.2, 0) is 4.79 Å². The lowest BCUT2D eigenvalue weighted by Crippen LogP contribution is -2.13. The molecule has 0 saturated heterocycles. The van der Waals surface area contributed by atoms with E-state index in [-0.39, 0.29) is 5.57 Å². The average molecular weight is 363 g/mol. The lowest BCUT2D eigenvalue weighted by atomic mass is 10.0. The van der Waals surface area contributed by atoms with E-state index in [1.54, 1.807) is 37.5 Å². The largest absolute Gasteiger partial charge is 0.496 e. The third-order valence-corrected chi connectivity index (χ3v) is 4.12. The molecule has 0 bridgehead atoms. The summed E-state index contributed by atoms with van der Waals surface area (Å²) in [5.41, 5.74) is 1.29. The Labute approximate surface area is 156 Å². The number of nitriles is 1. The van der Waals surface area contributed by atoms with Gasteiger partial charge in [-0.25, -0.2) is 0 Å². The molecule has 4 nitrogen and oxygen atoms in total. The summed E-state index contributed by atoms with van der Waals surface area (Å²) in [6.45, 7) is 0. The number of fused-ring (bicyclic) bond motifs is 1. The molecular weight excluding hydrogens is 348 g/mol. The summed E-state index contributed by atoms with van der Waals surface area (Å²) in [5, 5.41) is 14.4. The number of carbonyl (C=O) groups is 1. The first-order chi connectivity index (χ1) is 12.6. The summed E-state index contributed by atoms with van der Waals surface area (Å²) in [6.07, 6.45) is 1.57. The van der Waals surface area contributed by atoms with E-state index in [4.69, 9.17) is 16.3 Å². The van der Waals surface area contributed by atoms with Crippen LogP contribution in [0.3, 0.4) is 0 Å². The fourth-order valence-corrected chi connectivity index (χ4v) is 2.86. The van der Waals surface area contributed by atoms with Crippen molar-refractivity contribution in [2.24, 2.45) is 0 Å². The zero-order chi connectivity index (χ0) is 18.5. The van der Waals surface area contributed by atoms with E-state index >= 15 is 0 Å². The summed E-state index contributed by atoms with van der Waals surface area (Å²) in [7, 11) is 1.61. The van der Waals surface area contributed by atoms with Crippen LogP contribution in [0.4, 0.5) is 5.69 Å². The Hall–Kier alpha value is -3.29. The predicted octanol–water partition coefficient (Wildman–Crippen LogP) is 5.05. The number of anilines is 1. The minimum atomic E-state index is -0.491. The first-order valence-electron chi connectivity index (χ1n) is 7.87. The van der Waals surface area contributed by atoms with Gasteiger partial charge < -0.3 is 10.1 Å². The van der Waals surface area contributed by atoms with E-state index in [1.807, 2.05) is 42.5 Å². The van der Waals surface area contributed by atoms with Crippen LogP contribution < -0.4 is 10.1 Å². The molecule has 3 aromatic carbocycles. The van der Waals surface area contributed by atoms with Gasteiger partial charge in [0.05, 0.1) is 7.11 Å². The van der Waals surface area contributed by atoms with Gasteiger partial charge in [0.2, 0.25) is 0 Å². The standard InChI is InChI=1S/C21H15ClN2O2/c1-26-20-10-9-14(18-7-2-3-8-19(18)20)11-15(13-23)21(25)24-17-6-4-5-16(22)12-17/h2-12H,1H3,(H,24,25)/b15-11+. The Kier molecular flexibility index (Phi) is 5.21. The quantitative estimate of drug-likeness (QED) is 0.522. The van der Waals surface area contributed by atoms with Crippen molar-refractivity contribution in [3.05, 3.63) is 76.8 Å². The number of hydrogen-bond donors (Lipinski definition) is 1. The second kappa shape index (κ2) is 7.73. The van der Waals surface area contributed by atoms with Gasteiger partial charge in [-0.3, -0.25) is 4.79 Å². The maximum absolute atomic E-state index is 12.4. The smallest absolute Gasteiger partial charge is 0.266 e. The van der Waals surface area contributed by atoms with E-state index < -0.39 is 5.91 Å². The number of amides is 1. The number of carbonyl (C=O) groups excluding carboxylic acids is 1. The van der Waals surface area contributed by atoms with Crippen molar-refractivity contribution < 1.29 is 9.53 Å². The summed E-state index contributed by atoms with van der Waals surface area (Å²) < 4.78 is 5.37. The number of halogens is 1. The number of nitrogens with one attached hydrogen (secondary N) is 1. The third kappa shape index (κ3) is 3.69. The second-order valence-electron chi connectivity index (χ2n) is 5.54. The molecule has 0 aliphatic heterocycles. The molecular formula is C21H15ClN2O2. The van der Waals surface area contributed by atoms with Gasteiger partial charge in [-0.15, -0.1) is 0 Å². The molecule has 0 heterocycles. The van der Waals surface area contributed by atoms with Gasteiger partial charge >= 0.3 is 0 Å². The van der Waals surface area contributed by atoms with Crippen LogP contribution in [0.1, 0.15) is 5.56 Å². The molecule has 0 atom stereocenters. The molecule has 26 heavy (non-hydrogen) atoms.